The van der Waals surface area contributed by atoms with E-state index in [2.05, 4.69) is 12.2 Å². The van der Waals surface area contributed by atoms with Gasteiger partial charge in [0.15, 0.2) is 0 Å². The van der Waals surface area contributed by atoms with E-state index in [-0.39, 0.29) is 5.75 Å². The van der Waals surface area contributed by atoms with Crippen molar-refractivity contribution in [1.82, 2.24) is 0 Å². The maximum atomic E-state index is 9.19. The third-order valence-electron chi connectivity index (χ3n) is 2.06. The number of hydrogen-bond donors (Lipinski definition) is 2. The Bertz CT molecular complexity index is 289. The average Bonchev–Trinajstić information content (AvgIpc) is 2.18. The van der Waals surface area contributed by atoms with E-state index in [0.717, 1.165) is 18.7 Å². The molecule has 3 heteroatoms. The van der Waals surface area contributed by atoms with Crippen molar-refractivity contribution >= 4 is 17.3 Å². The average molecular weight is 214 g/mol. The molecule has 0 bridgehead atoms. The molecule has 0 saturated carbocycles. The summed E-state index contributed by atoms with van der Waals surface area (Å²) < 4.78 is 0. The largest absolute Gasteiger partial charge is 0.506 e. The molecule has 0 aliphatic carbocycles. The molecule has 0 unspecified atom stereocenters. The van der Waals surface area contributed by atoms with Crippen LogP contribution in [0, 0.1) is 0 Å². The normalized spacial score (nSPS) is 10.1. The Kier molecular flexibility index (Phi) is 4.60. The van der Waals surface area contributed by atoms with Crippen LogP contribution < -0.4 is 5.32 Å². The highest BCUT2D eigenvalue weighted by molar-refractivity contribution is 6.32. The van der Waals surface area contributed by atoms with Crippen molar-refractivity contribution in [3.63, 3.8) is 0 Å². The summed E-state index contributed by atoms with van der Waals surface area (Å²) in [4.78, 5) is 0. The Morgan fingerprint density at radius 3 is 2.79 bits per heavy atom. The summed E-state index contributed by atoms with van der Waals surface area (Å²) in [5.41, 5.74) is 0.962. The monoisotopic (exact) mass is 213 g/mol. The van der Waals surface area contributed by atoms with Crippen LogP contribution in [-0.2, 0) is 0 Å². The highest BCUT2D eigenvalue weighted by Crippen LogP contribution is 2.25. The molecule has 0 aliphatic rings. The zero-order valence-electron chi connectivity index (χ0n) is 8.39. The fraction of sp³-hybridized carbons (Fsp3) is 0.455. The molecule has 1 aromatic carbocycles. The van der Waals surface area contributed by atoms with Gasteiger partial charge in [-0.25, -0.2) is 0 Å². The van der Waals surface area contributed by atoms with Gasteiger partial charge in [0.25, 0.3) is 0 Å². The van der Waals surface area contributed by atoms with Gasteiger partial charge in [-0.15, -0.1) is 0 Å². The summed E-state index contributed by atoms with van der Waals surface area (Å²) in [5, 5.41) is 12.8. The van der Waals surface area contributed by atoms with Gasteiger partial charge in [-0.1, -0.05) is 31.4 Å². The molecular formula is C11H16ClNO. The predicted molar refractivity (Wildman–Crippen MR) is 61.1 cm³/mol. The topological polar surface area (TPSA) is 32.3 Å². The predicted octanol–water partition coefficient (Wildman–Crippen LogP) is 3.65. The van der Waals surface area contributed by atoms with Gasteiger partial charge < -0.3 is 10.4 Å². The maximum Gasteiger partial charge on any atom is 0.134 e. The highest BCUT2D eigenvalue weighted by atomic mass is 35.5. The van der Waals surface area contributed by atoms with Crippen LogP contribution in [0.25, 0.3) is 0 Å². The first-order valence-electron chi connectivity index (χ1n) is 4.96. The van der Waals surface area contributed by atoms with Crippen LogP contribution in [0.3, 0.4) is 0 Å². The molecule has 2 N–H and O–H groups in total. The molecular weight excluding hydrogens is 198 g/mol. The SMILES string of the molecule is CCCCCNc1ccc(O)c(Cl)c1. The Balaban J connectivity index is 2.39. The molecule has 14 heavy (non-hydrogen) atoms. The Hall–Kier alpha value is -0.890. The summed E-state index contributed by atoms with van der Waals surface area (Å²) in [6, 6.07) is 5.17. The van der Waals surface area contributed by atoms with Crippen molar-refractivity contribution in [2.45, 2.75) is 26.2 Å². The number of aromatic hydroxyl groups is 1. The molecule has 0 amide bonds. The van der Waals surface area contributed by atoms with E-state index >= 15 is 0 Å². The van der Waals surface area contributed by atoms with Gasteiger partial charge in [0.05, 0.1) is 5.02 Å². The first kappa shape index (κ1) is 11.2. The lowest BCUT2D eigenvalue weighted by Crippen LogP contribution is -2.00. The molecule has 0 fully saturated rings. The van der Waals surface area contributed by atoms with Crippen molar-refractivity contribution in [3.05, 3.63) is 23.2 Å². The van der Waals surface area contributed by atoms with Gasteiger partial charge in [-0.2, -0.15) is 0 Å². The number of benzene rings is 1. The molecule has 78 valence electrons. The van der Waals surface area contributed by atoms with Crippen LogP contribution in [-0.4, -0.2) is 11.7 Å². The third-order valence-corrected chi connectivity index (χ3v) is 2.36. The highest BCUT2D eigenvalue weighted by Gasteiger charge is 1.98. The Morgan fingerprint density at radius 2 is 2.14 bits per heavy atom. The van der Waals surface area contributed by atoms with Crippen molar-refractivity contribution < 1.29 is 5.11 Å². The van der Waals surface area contributed by atoms with Gasteiger partial charge in [0.2, 0.25) is 0 Å². The fourth-order valence-electron chi connectivity index (χ4n) is 1.22. The third kappa shape index (κ3) is 3.46. The van der Waals surface area contributed by atoms with E-state index in [4.69, 9.17) is 11.6 Å². The fourth-order valence-corrected chi connectivity index (χ4v) is 1.41. The van der Waals surface area contributed by atoms with Crippen LogP contribution in [0.15, 0.2) is 18.2 Å². The summed E-state index contributed by atoms with van der Waals surface area (Å²) in [5.74, 6) is 0.130. The van der Waals surface area contributed by atoms with Gasteiger partial charge >= 0.3 is 0 Å². The van der Waals surface area contributed by atoms with E-state index in [1.165, 1.54) is 12.8 Å². The number of nitrogens with one attached hydrogen (secondary N) is 1. The van der Waals surface area contributed by atoms with Gasteiger partial charge in [-0.05, 0) is 24.6 Å². The molecule has 0 radical (unpaired) electrons. The molecule has 0 aromatic heterocycles. The lowest BCUT2D eigenvalue weighted by molar-refractivity contribution is 0.475. The minimum atomic E-state index is 0.130. The number of rotatable bonds is 5. The zero-order valence-corrected chi connectivity index (χ0v) is 9.14. The van der Waals surface area contributed by atoms with E-state index in [9.17, 15) is 5.11 Å². The van der Waals surface area contributed by atoms with E-state index in [0.29, 0.717) is 5.02 Å². The summed E-state index contributed by atoms with van der Waals surface area (Å²) >= 11 is 5.76. The van der Waals surface area contributed by atoms with Crippen molar-refractivity contribution in [3.8, 4) is 5.75 Å². The standard InChI is InChI=1S/C11H16ClNO/c1-2-3-4-7-13-9-5-6-11(14)10(12)8-9/h5-6,8,13-14H,2-4,7H2,1H3. The summed E-state index contributed by atoms with van der Waals surface area (Å²) in [6.45, 7) is 3.13. The number of hydrogen-bond acceptors (Lipinski definition) is 2. The maximum absolute atomic E-state index is 9.19. The number of phenols is 1. The minimum Gasteiger partial charge on any atom is -0.506 e. The second kappa shape index (κ2) is 5.76. The van der Waals surface area contributed by atoms with Crippen LogP contribution in [0.1, 0.15) is 26.2 Å². The molecule has 0 spiro atoms. The Labute approximate surface area is 89.9 Å². The number of anilines is 1. The van der Waals surface area contributed by atoms with Crippen LogP contribution >= 0.6 is 11.6 Å². The van der Waals surface area contributed by atoms with Crippen LogP contribution in [0.2, 0.25) is 5.02 Å². The number of phenolic OH excluding ortho intramolecular Hbond substituents is 1. The van der Waals surface area contributed by atoms with Crippen molar-refractivity contribution in [2.24, 2.45) is 0 Å². The number of halogens is 1. The molecule has 0 saturated heterocycles. The molecule has 0 atom stereocenters. The number of unbranched alkanes of at least 4 members (excludes halogenated alkanes) is 2. The van der Waals surface area contributed by atoms with Crippen molar-refractivity contribution in [2.75, 3.05) is 11.9 Å². The van der Waals surface area contributed by atoms with Gasteiger partial charge in [0.1, 0.15) is 5.75 Å². The van der Waals surface area contributed by atoms with Crippen LogP contribution in [0.4, 0.5) is 5.69 Å². The first-order chi connectivity index (χ1) is 6.74. The lowest BCUT2D eigenvalue weighted by atomic mass is 10.2. The van der Waals surface area contributed by atoms with Gasteiger partial charge in [0, 0.05) is 12.2 Å². The first-order valence-corrected chi connectivity index (χ1v) is 5.34. The van der Waals surface area contributed by atoms with Crippen molar-refractivity contribution in [1.29, 1.82) is 0 Å². The minimum absolute atomic E-state index is 0.130. The van der Waals surface area contributed by atoms with Gasteiger partial charge in [-0.3, -0.25) is 0 Å². The van der Waals surface area contributed by atoms with E-state index in [1.54, 1.807) is 12.1 Å². The molecule has 2 nitrogen and oxygen atoms in total. The van der Waals surface area contributed by atoms with Crippen LogP contribution in [0.5, 0.6) is 5.75 Å². The quantitative estimate of drug-likeness (QED) is 0.578. The second-order valence-corrected chi connectivity index (χ2v) is 3.71. The molecule has 0 heterocycles. The van der Waals surface area contributed by atoms with E-state index in [1.807, 2.05) is 6.07 Å². The Morgan fingerprint density at radius 1 is 1.36 bits per heavy atom. The molecule has 0 aliphatic heterocycles. The zero-order chi connectivity index (χ0) is 10.4. The smallest absolute Gasteiger partial charge is 0.134 e. The summed E-state index contributed by atoms with van der Waals surface area (Å²) in [7, 11) is 0. The summed E-state index contributed by atoms with van der Waals surface area (Å²) in [6.07, 6.45) is 3.62. The van der Waals surface area contributed by atoms with E-state index < -0.39 is 0 Å². The molecule has 1 rings (SSSR count). The molecule has 1 aromatic rings. The lowest BCUT2D eigenvalue weighted by Gasteiger charge is -2.06. The second-order valence-electron chi connectivity index (χ2n) is 3.30.